The Kier molecular flexibility index (Phi) is 3.08. The number of nitrogens with one attached hydrogen (secondary N) is 1. The third kappa shape index (κ3) is 2.07. The highest BCUT2D eigenvalue weighted by atomic mass is 16.6. The molecule has 0 amide bonds. The van der Waals surface area contributed by atoms with Crippen LogP contribution in [0, 0.1) is 11.8 Å². The fraction of sp³-hybridized carbons (Fsp3) is 0.625. The van der Waals surface area contributed by atoms with Crippen molar-refractivity contribution in [2.24, 2.45) is 11.8 Å². The van der Waals surface area contributed by atoms with Crippen LogP contribution in [-0.4, -0.2) is 49.8 Å². The molecule has 0 aliphatic carbocycles. The molecule has 108 valence electrons. The van der Waals surface area contributed by atoms with E-state index in [2.05, 4.69) is 17.1 Å². The molecular weight excluding hydrogens is 252 g/mol. The lowest BCUT2D eigenvalue weighted by Crippen LogP contribution is -2.44. The number of fused-ring (bicyclic) bond motifs is 2. The Morgan fingerprint density at radius 3 is 2.95 bits per heavy atom. The molecule has 3 aliphatic rings. The van der Waals surface area contributed by atoms with Gasteiger partial charge in [0.15, 0.2) is 11.5 Å². The Bertz CT molecular complexity index is 493. The zero-order chi connectivity index (χ0) is 13.5. The first-order chi connectivity index (χ1) is 9.81. The van der Waals surface area contributed by atoms with Crippen molar-refractivity contribution in [1.29, 1.82) is 0 Å². The Labute approximate surface area is 120 Å². The van der Waals surface area contributed by atoms with Crippen LogP contribution in [0.25, 0.3) is 0 Å². The minimum Gasteiger partial charge on any atom is -0.486 e. The van der Waals surface area contributed by atoms with E-state index in [1.54, 1.807) is 0 Å². The second-order valence-electron chi connectivity index (χ2n) is 6.27. The van der Waals surface area contributed by atoms with Gasteiger partial charge < -0.3 is 14.8 Å². The van der Waals surface area contributed by atoms with Crippen LogP contribution in [-0.2, 0) is 0 Å². The standard InChI is InChI=1S/C16H22N2O2/c1-11-14-7-17-6-12(14)8-18(11)9-13-10-19-15-4-2-3-5-16(15)20-13/h2-5,11-14,17H,6-10H2,1H3. The number of likely N-dealkylation sites (tertiary alicyclic amines) is 1. The lowest BCUT2D eigenvalue weighted by molar-refractivity contribution is 0.0538. The average molecular weight is 274 g/mol. The minimum absolute atomic E-state index is 0.152. The summed E-state index contributed by atoms with van der Waals surface area (Å²) in [6.07, 6.45) is 0.152. The third-order valence-electron chi connectivity index (χ3n) is 5.06. The predicted molar refractivity (Wildman–Crippen MR) is 77.2 cm³/mol. The van der Waals surface area contributed by atoms with E-state index in [9.17, 15) is 0 Å². The summed E-state index contributed by atoms with van der Waals surface area (Å²) >= 11 is 0. The molecule has 1 aromatic rings. The molecule has 2 fully saturated rings. The molecule has 2 saturated heterocycles. The van der Waals surface area contributed by atoms with E-state index in [1.165, 1.54) is 19.6 Å². The Morgan fingerprint density at radius 1 is 1.25 bits per heavy atom. The van der Waals surface area contributed by atoms with Gasteiger partial charge in [-0.2, -0.15) is 0 Å². The summed E-state index contributed by atoms with van der Waals surface area (Å²) in [4.78, 5) is 2.58. The first kappa shape index (κ1) is 12.5. The van der Waals surface area contributed by atoms with Gasteiger partial charge in [0.1, 0.15) is 12.7 Å². The minimum atomic E-state index is 0.152. The lowest BCUT2D eigenvalue weighted by atomic mass is 9.95. The van der Waals surface area contributed by atoms with Gasteiger partial charge in [-0.3, -0.25) is 4.90 Å². The maximum absolute atomic E-state index is 6.08. The van der Waals surface area contributed by atoms with Gasteiger partial charge in [-0.1, -0.05) is 12.1 Å². The zero-order valence-electron chi connectivity index (χ0n) is 11.9. The number of hydrogen-bond donors (Lipinski definition) is 1. The van der Waals surface area contributed by atoms with Crippen molar-refractivity contribution in [2.75, 3.05) is 32.8 Å². The van der Waals surface area contributed by atoms with E-state index >= 15 is 0 Å². The Hall–Kier alpha value is -1.26. The van der Waals surface area contributed by atoms with Gasteiger partial charge >= 0.3 is 0 Å². The van der Waals surface area contributed by atoms with Crippen LogP contribution in [0.2, 0.25) is 0 Å². The molecule has 4 rings (SSSR count). The number of nitrogens with zero attached hydrogens (tertiary/aromatic N) is 1. The van der Waals surface area contributed by atoms with Crippen molar-refractivity contribution in [1.82, 2.24) is 10.2 Å². The molecule has 0 radical (unpaired) electrons. The van der Waals surface area contributed by atoms with Gasteiger partial charge in [0.25, 0.3) is 0 Å². The average Bonchev–Trinajstić information content (AvgIpc) is 3.03. The van der Waals surface area contributed by atoms with Gasteiger partial charge in [0.2, 0.25) is 0 Å². The molecule has 0 aromatic heterocycles. The van der Waals surface area contributed by atoms with E-state index in [-0.39, 0.29) is 6.10 Å². The van der Waals surface area contributed by atoms with E-state index < -0.39 is 0 Å². The lowest BCUT2D eigenvalue weighted by Gasteiger charge is -2.32. The number of ether oxygens (including phenoxy) is 2. The fourth-order valence-corrected chi connectivity index (χ4v) is 3.91. The van der Waals surface area contributed by atoms with E-state index in [0.29, 0.717) is 12.6 Å². The SMILES string of the molecule is CC1C2CNCC2CN1CC1COc2ccccc2O1. The normalized spacial score (nSPS) is 36.0. The molecular formula is C16H22N2O2. The van der Waals surface area contributed by atoms with Gasteiger partial charge in [0.05, 0.1) is 0 Å². The van der Waals surface area contributed by atoms with E-state index in [0.717, 1.165) is 29.9 Å². The van der Waals surface area contributed by atoms with Crippen LogP contribution < -0.4 is 14.8 Å². The summed E-state index contributed by atoms with van der Waals surface area (Å²) < 4.78 is 11.9. The maximum Gasteiger partial charge on any atom is 0.161 e. The highest BCUT2D eigenvalue weighted by Crippen LogP contribution is 2.34. The van der Waals surface area contributed by atoms with Gasteiger partial charge in [-0.15, -0.1) is 0 Å². The molecule has 4 nitrogen and oxygen atoms in total. The fourth-order valence-electron chi connectivity index (χ4n) is 3.91. The number of hydrogen-bond acceptors (Lipinski definition) is 4. The van der Waals surface area contributed by atoms with Crippen molar-refractivity contribution in [3.8, 4) is 11.5 Å². The van der Waals surface area contributed by atoms with Crippen LogP contribution >= 0.6 is 0 Å². The molecule has 0 bridgehead atoms. The topological polar surface area (TPSA) is 33.7 Å². The van der Waals surface area contributed by atoms with E-state index in [4.69, 9.17) is 9.47 Å². The summed E-state index contributed by atoms with van der Waals surface area (Å²) in [5, 5.41) is 3.51. The molecule has 3 heterocycles. The molecule has 20 heavy (non-hydrogen) atoms. The summed E-state index contributed by atoms with van der Waals surface area (Å²) in [6.45, 7) is 7.54. The molecule has 0 saturated carbocycles. The second kappa shape index (κ2) is 4.93. The number of rotatable bonds is 2. The van der Waals surface area contributed by atoms with Crippen molar-refractivity contribution >= 4 is 0 Å². The highest BCUT2D eigenvalue weighted by Gasteiger charge is 2.42. The molecule has 4 unspecified atom stereocenters. The molecule has 1 aromatic carbocycles. The third-order valence-corrected chi connectivity index (χ3v) is 5.06. The highest BCUT2D eigenvalue weighted by molar-refractivity contribution is 5.40. The van der Waals surface area contributed by atoms with Gasteiger partial charge in [0, 0.05) is 19.1 Å². The second-order valence-corrected chi connectivity index (χ2v) is 6.27. The van der Waals surface area contributed by atoms with Crippen LogP contribution in [0.3, 0.4) is 0 Å². The molecule has 0 spiro atoms. The first-order valence-electron chi connectivity index (χ1n) is 7.64. The molecule has 4 atom stereocenters. The van der Waals surface area contributed by atoms with Gasteiger partial charge in [-0.05, 0) is 44.0 Å². The number of para-hydroxylation sites is 2. The smallest absolute Gasteiger partial charge is 0.161 e. The van der Waals surface area contributed by atoms with E-state index in [1.807, 2.05) is 24.3 Å². The van der Waals surface area contributed by atoms with Crippen LogP contribution in [0.5, 0.6) is 11.5 Å². The maximum atomic E-state index is 6.08. The van der Waals surface area contributed by atoms with Crippen molar-refractivity contribution in [3.05, 3.63) is 24.3 Å². The monoisotopic (exact) mass is 274 g/mol. The Morgan fingerprint density at radius 2 is 2.10 bits per heavy atom. The summed E-state index contributed by atoms with van der Waals surface area (Å²) in [6, 6.07) is 8.60. The van der Waals surface area contributed by atoms with Crippen molar-refractivity contribution in [2.45, 2.75) is 19.1 Å². The molecule has 3 aliphatic heterocycles. The molecule has 4 heteroatoms. The van der Waals surface area contributed by atoms with Crippen LogP contribution in [0.15, 0.2) is 24.3 Å². The van der Waals surface area contributed by atoms with Crippen LogP contribution in [0.4, 0.5) is 0 Å². The summed E-state index contributed by atoms with van der Waals surface area (Å²) in [5.41, 5.74) is 0. The molecule has 1 N–H and O–H groups in total. The number of benzene rings is 1. The largest absolute Gasteiger partial charge is 0.486 e. The Balaban J connectivity index is 1.41. The first-order valence-corrected chi connectivity index (χ1v) is 7.64. The van der Waals surface area contributed by atoms with Crippen molar-refractivity contribution < 1.29 is 9.47 Å². The summed E-state index contributed by atoms with van der Waals surface area (Å²) in [7, 11) is 0. The van der Waals surface area contributed by atoms with Gasteiger partial charge in [-0.25, -0.2) is 0 Å². The van der Waals surface area contributed by atoms with Crippen LogP contribution in [0.1, 0.15) is 6.92 Å². The predicted octanol–water partition coefficient (Wildman–Crippen LogP) is 1.37. The quantitative estimate of drug-likeness (QED) is 0.883. The van der Waals surface area contributed by atoms with Crippen molar-refractivity contribution in [3.63, 3.8) is 0 Å². The summed E-state index contributed by atoms with van der Waals surface area (Å²) in [5.74, 6) is 3.39. The zero-order valence-corrected chi connectivity index (χ0v) is 11.9.